The quantitative estimate of drug-likeness (QED) is 0.893. The highest BCUT2D eigenvalue weighted by atomic mass is 35.5. The number of aryl methyl sites for hydroxylation is 1. The number of carbonyl (C=O) groups is 1. The fraction of sp³-hybridized carbons (Fsp3) is 0.500. The Hall–Kier alpha value is -1.06. The van der Waals surface area contributed by atoms with E-state index in [1.54, 1.807) is 4.90 Å². The lowest BCUT2D eigenvalue weighted by atomic mass is 9.98. The van der Waals surface area contributed by atoms with Crippen LogP contribution in [-0.4, -0.2) is 26.0 Å². The number of nitrogens with zero attached hydrogens (tertiary/aromatic N) is 1. The summed E-state index contributed by atoms with van der Waals surface area (Å²) < 4.78 is 0. The summed E-state index contributed by atoms with van der Waals surface area (Å²) in [6, 6.07) is 8.08. The number of benzene rings is 1. The van der Waals surface area contributed by atoms with Gasteiger partial charge in [-0.1, -0.05) is 12.1 Å². The molecule has 1 N–H and O–H groups in total. The van der Waals surface area contributed by atoms with E-state index < -0.39 is 0 Å². The van der Waals surface area contributed by atoms with Crippen LogP contribution in [-0.2, 0) is 4.79 Å². The lowest BCUT2D eigenvalue weighted by Gasteiger charge is -2.27. The van der Waals surface area contributed by atoms with Crippen LogP contribution in [0.25, 0.3) is 0 Å². The van der Waals surface area contributed by atoms with Gasteiger partial charge in [0, 0.05) is 19.3 Å². The number of hydrogen-bond acceptors (Lipinski definition) is 2. The van der Waals surface area contributed by atoms with E-state index >= 15 is 0 Å². The Labute approximate surface area is 115 Å². The molecule has 0 aliphatic carbocycles. The number of rotatable bonds is 2. The molecule has 1 aromatic carbocycles. The number of amides is 1. The standard InChI is InChI=1S/C14H20N2O.ClH/c1-11-5-3-7-13(9-11)16(2)14(17)12-6-4-8-15-10-12;/h3,5,7,9,12,15H,4,6,8,10H2,1-2H3;1H. The molecular weight excluding hydrogens is 248 g/mol. The number of anilines is 1. The molecule has 1 fully saturated rings. The van der Waals surface area contributed by atoms with Crippen LogP contribution in [0.2, 0.25) is 0 Å². The van der Waals surface area contributed by atoms with E-state index in [2.05, 4.69) is 5.32 Å². The van der Waals surface area contributed by atoms with Gasteiger partial charge in [0.05, 0.1) is 5.92 Å². The van der Waals surface area contributed by atoms with Gasteiger partial charge in [0.15, 0.2) is 0 Å². The number of piperidine rings is 1. The summed E-state index contributed by atoms with van der Waals surface area (Å²) in [5, 5.41) is 3.29. The minimum Gasteiger partial charge on any atom is -0.316 e. The molecule has 2 rings (SSSR count). The lowest BCUT2D eigenvalue weighted by molar-refractivity contribution is -0.122. The average Bonchev–Trinajstić information content (AvgIpc) is 2.38. The predicted octanol–water partition coefficient (Wildman–Crippen LogP) is 2.38. The van der Waals surface area contributed by atoms with Crippen LogP contribution in [0.4, 0.5) is 5.69 Å². The lowest BCUT2D eigenvalue weighted by Crippen LogP contribution is -2.41. The minimum absolute atomic E-state index is 0. The summed E-state index contributed by atoms with van der Waals surface area (Å²) in [4.78, 5) is 14.1. The maximum atomic E-state index is 12.3. The average molecular weight is 269 g/mol. The summed E-state index contributed by atoms with van der Waals surface area (Å²) >= 11 is 0. The molecule has 1 aromatic rings. The first-order valence-electron chi connectivity index (χ1n) is 6.23. The van der Waals surface area contributed by atoms with E-state index in [1.165, 1.54) is 5.56 Å². The zero-order valence-electron chi connectivity index (χ0n) is 11.0. The highest BCUT2D eigenvalue weighted by molar-refractivity contribution is 5.94. The van der Waals surface area contributed by atoms with Crippen molar-refractivity contribution in [2.75, 3.05) is 25.0 Å². The maximum absolute atomic E-state index is 12.3. The molecule has 4 heteroatoms. The van der Waals surface area contributed by atoms with Gasteiger partial charge in [0.25, 0.3) is 0 Å². The van der Waals surface area contributed by atoms with Crippen molar-refractivity contribution in [3.05, 3.63) is 29.8 Å². The zero-order chi connectivity index (χ0) is 12.3. The van der Waals surface area contributed by atoms with Crippen molar-refractivity contribution in [2.45, 2.75) is 19.8 Å². The van der Waals surface area contributed by atoms with Crippen LogP contribution >= 0.6 is 12.4 Å². The molecule has 1 aliphatic rings. The summed E-state index contributed by atoms with van der Waals surface area (Å²) in [6.07, 6.45) is 2.10. The van der Waals surface area contributed by atoms with Gasteiger partial charge in [0.1, 0.15) is 0 Å². The number of nitrogens with one attached hydrogen (secondary N) is 1. The third-order valence-electron chi connectivity index (χ3n) is 3.37. The largest absolute Gasteiger partial charge is 0.316 e. The molecule has 100 valence electrons. The molecule has 1 heterocycles. The molecule has 0 saturated carbocycles. The molecule has 0 aromatic heterocycles. The van der Waals surface area contributed by atoms with Crippen LogP contribution in [0.1, 0.15) is 18.4 Å². The molecule has 18 heavy (non-hydrogen) atoms. The van der Waals surface area contributed by atoms with Crippen LogP contribution in [0.3, 0.4) is 0 Å². The first kappa shape index (κ1) is 15.0. The van der Waals surface area contributed by atoms with E-state index in [4.69, 9.17) is 0 Å². The molecule has 1 amide bonds. The monoisotopic (exact) mass is 268 g/mol. The fourth-order valence-corrected chi connectivity index (χ4v) is 2.30. The van der Waals surface area contributed by atoms with Gasteiger partial charge in [-0.25, -0.2) is 0 Å². The fourth-order valence-electron chi connectivity index (χ4n) is 2.30. The van der Waals surface area contributed by atoms with Crippen molar-refractivity contribution < 1.29 is 4.79 Å². The van der Waals surface area contributed by atoms with Gasteiger partial charge in [-0.3, -0.25) is 4.79 Å². The van der Waals surface area contributed by atoms with Crippen LogP contribution in [0.5, 0.6) is 0 Å². The Bertz CT molecular complexity index is 403. The Morgan fingerprint density at radius 3 is 2.83 bits per heavy atom. The molecule has 1 atom stereocenters. The van der Waals surface area contributed by atoms with Crippen molar-refractivity contribution in [2.24, 2.45) is 5.92 Å². The number of hydrogen-bond donors (Lipinski definition) is 1. The number of carbonyl (C=O) groups excluding carboxylic acids is 1. The van der Waals surface area contributed by atoms with E-state index in [1.807, 2.05) is 38.2 Å². The summed E-state index contributed by atoms with van der Waals surface area (Å²) in [6.45, 7) is 3.90. The van der Waals surface area contributed by atoms with Crippen LogP contribution in [0.15, 0.2) is 24.3 Å². The van der Waals surface area contributed by atoms with Crippen molar-refractivity contribution in [1.29, 1.82) is 0 Å². The van der Waals surface area contributed by atoms with Crippen LogP contribution in [0, 0.1) is 12.8 Å². The van der Waals surface area contributed by atoms with E-state index in [0.29, 0.717) is 0 Å². The highest BCUT2D eigenvalue weighted by Crippen LogP contribution is 2.19. The normalized spacial score (nSPS) is 18.9. The maximum Gasteiger partial charge on any atom is 0.231 e. The van der Waals surface area contributed by atoms with Gasteiger partial charge >= 0.3 is 0 Å². The van der Waals surface area contributed by atoms with E-state index in [9.17, 15) is 4.79 Å². The van der Waals surface area contributed by atoms with Gasteiger partial charge < -0.3 is 10.2 Å². The second-order valence-electron chi connectivity index (χ2n) is 4.78. The minimum atomic E-state index is 0. The molecule has 3 nitrogen and oxygen atoms in total. The zero-order valence-corrected chi connectivity index (χ0v) is 11.8. The number of halogens is 1. The summed E-state index contributed by atoms with van der Waals surface area (Å²) in [7, 11) is 1.87. The summed E-state index contributed by atoms with van der Waals surface area (Å²) in [5.74, 6) is 0.358. The first-order chi connectivity index (χ1) is 8.18. The SMILES string of the molecule is Cc1cccc(N(C)C(=O)C2CCCNC2)c1.Cl. The van der Waals surface area contributed by atoms with Crippen LogP contribution < -0.4 is 10.2 Å². The van der Waals surface area contributed by atoms with Crippen molar-refractivity contribution in [3.8, 4) is 0 Å². The second-order valence-corrected chi connectivity index (χ2v) is 4.78. The smallest absolute Gasteiger partial charge is 0.231 e. The molecule has 1 unspecified atom stereocenters. The summed E-state index contributed by atoms with van der Waals surface area (Å²) in [5.41, 5.74) is 2.17. The molecule has 0 spiro atoms. The third-order valence-corrected chi connectivity index (χ3v) is 3.37. The molecule has 1 aliphatic heterocycles. The Morgan fingerprint density at radius 1 is 1.44 bits per heavy atom. The molecule has 1 saturated heterocycles. The van der Waals surface area contributed by atoms with E-state index in [0.717, 1.165) is 31.6 Å². The van der Waals surface area contributed by atoms with Gasteiger partial charge in [0.2, 0.25) is 5.91 Å². The van der Waals surface area contributed by atoms with E-state index in [-0.39, 0.29) is 24.2 Å². The Kier molecular flexibility index (Phi) is 5.63. The second kappa shape index (κ2) is 6.76. The van der Waals surface area contributed by atoms with Crippen molar-refractivity contribution >= 4 is 24.0 Å². The van der Waals surface area contributed by atoms with Gasteiger partial charge in [-0.15, -0.1) is 12.4 Å². The van der Waals surface area contributed by atoms with Crippen molar-refractivity contribution in [3.63, 3.8) is 0 Å². The molecule has 0 radical (unpaired) electrons. The topological polar surface area (TPSA) is 32.3 Å². The molecular formula is C14H21ClN2O. The Balaban J connectivity index is 0.00000162. The van der Waals surface area contributed by atoms with Gasteiger partial charge in [-0.05, 0) is 44.0 Å². The van der Waals surface area contributed by atoms with Crippen molar-refractivity contribution in [1.82, 2.24) is 5.32 Å². The van der Waals surface area contributed by atoms with Gasteiger partial charge in [-0.2, -0.15) is 0 Å². The highest BCUT2D eigenvalue weighted by Gasteiger charge is 2.24. The Morgan fingerprint density at radius 2 is 2.22 bits per heavy atom. The predicted molar refractivity (Wildman–Crippen MR) is 77.4 cm³/mol. The molecule has 0 bridgehead atoms. The third kappa shape index (κ3) is 3.47. The first-order valence-corrected chi connectivity index (χ1v) is 6.23.